The van der Waals surface area contributed by atoms with Gasteiger partial charge in [-0.05, 0) is 66.2 Å². The van der Waals surface area contributed by atoms with E-state index < -0.39 is 4.92 Å². The molecule has 0 aliphatic rings. The molecule has 164 valence electrons. The van der Waals surface area contributed by atoms with Crippen LogP contribution in [-0.2, 0) is 4.79 Å². The Morgan fingerprint density at radius 3 is 2.42 bits per heavy atom. The second kappa shape index (κ2) is 9.19. The maximum Gasteiger partial charge on any atom is 0.269 e. The minimum absolute atomic E-state index is 0.0151. The summed E-state index contributed by atoms with van der Waals surface area (Å²) in [5.74, 6) is 0.631. The summed E-state index contributed by atoms with van der Waals surface area (Å²) in [6.07, 6.45) is 2.90. The Labute approximate surface area is 187 Å². The van der Waals surface area contributed by atoms with Crippen LogP contribution < -0.4 is 15.5 Å². The summed E-state index contributed by atoms with van der Waals surface area (Å²) in [5, 5.41) is 13.9. The molecule has 0 aliphatic heterocycles. The minimum Gasteiger partial charge on any atom is -0.497 e. The Kier molecular flexibility index (Phi) is 5.99. The molecular weight excluding hydrogens is 424 g/mol. The molecule has 33 heavy (non-hydrogen) atoms. The van der Waals surface area contributed by atoms with Gasteiger partial charge in [0, 0.05) is 35.5 Å². The number of nitrogens with one attached hydrogen (secondary N) is 1. The van der Waals surface area contributed by atoms with E-state index in [0.717, 1.165) is 0 Å². The van der Waals surface area contributed by atoms with Crippen LogP contribution in [0.15, 0.2) is 88.1 Å². The van der Waals surface area contributed by atoms with E-state index in [4.69, 9.17) is 9.15 Å². The van der Waals surface area contributed by atoms with Crippen molar-refractivity contribution in [2.24, 2.45) is 0 Å². The van der Waals surface area contributed by atoms with Crippen molar-refractivity contribution in [3.63, 3.8) is 0 Å². The van der Waals surface area contributed by atoms with E-state index in [-0.39, 0.29) is 17.0 Å². The highest BCUT2D eigenvalue weighted by atomic mass is 16.6. The minimum atomic E-state index is -0.482. The van der Waals surface area contributed by atoms with Crippen LogP contribution in [0.3, 0.4) is 0 Å². The normalized spacial score (nSPS) is 10.9. The van der Waals surface area contributed by atoms with Crippen LogP contribution in [0.2, 0.25) is 0 Å². The molecule has 0 fully saturated rings. The molecule has 0 spiro atoms. The van der Waals surface area contributed by atoms with Gasteiger partial charge in [0.05, 0.1) is 17.4 Å². The maximum absolute atomic E-state index is 12.5. The van der Waals surface area contributed by atoms with Crippen molar-refractivity contribution >= 4 is 34.3 Å². The summed E-state index contributed by atoms with van der Waals surface area (Å²) in [7, 11) is 1.53. The molecule has 0 radical (unpaired) electrons. The van der Waals surface area contributed by atoms with Crippen molar-refractivity contribution in [2.45, 2.75) is 0 Å². The number of amides is 1. The van der Waals surface area contributed by atoms with Gasteiger partial charge in [0.1, 0.15) is 17.1 Å². The Balaban J connectivity index is 1.46. The molecule has 0 bridgehead atoms. The first-order valence-corrected chi connectivity index (χ1v) is 9.89. The SMILES string of the molecule is COc1ccc2oc(-c3ccc(NC(=O)/C=C/c4ccc([N+](=O)[O-])cc4)cc3)cc(=O)c2c1. The third-order valence-electron chi connectivity index (χ3n) is 4.90. The molecule has 8 heteroatoms. The van der Waals surface area contributed by atoms with Crippen molar-refractivity contribution in [3.8, 4) is 17.1 Å². The van der Waals surface area contributed by atoms with E-state index in [0.29, 0.717) is 39.3 Å². The highest BCUT2D eigenvalue weighted by molar-refractivity contribution is 6.02. The fourth-order valence-corrected chi connectivity index (χ4v) is 3.19. The van der Waals surface area contributed by atoms with Crippen molar-refractivity contribution < 1.29 is 18.9 Å². The van der Waals surface area contributed by atoms with Crippen molar-refractivity contribution in [2.75, 3.05) is 12.4 Å². The van der Waals surface area contributed by atoms with Crippen LogP contribution in [0.25, 0.3) is 28.4 Å². The van der Waals surface area contributed by atoms with Crippen LogP contribution in [-0.4, -0.2) is 17.9 Å². The number of benzene rings is 3. The predicted octanol–water partition coefficient (Wildman–Crippen LogP) is 5.03. The number of ether oxygens (including phenoxy) is 1. The monoisotopic (exact) mass is 442 g/mol. The Hall–Kier alpha value is -4.72. The molecule has 3 aromatic carbocycles. The Morgan fingerprint density at radius 1 is 1.03 bits per heavy atom. The number of methoxy groups -OCH3 is 1. The van der Waals surface area contributed by atoms with Gasteiger partial charge >= 0.3 is 0 Å². The fraction of sp³-hybridized carbons (Fsp3) is 0.0400. The van der Waals surface area contributed by atoms with E-state index >= 15 is 0 Å². The quantitative estimate of drug-likeness (QED) is 0.255. The van der Waals surface area contributed by atoms with Crippen molar-refractivity contribution in [1.29, 1.82) is 0 Å². The van der Waals surface area contributed by atoms with Gasteiger partial charge in [0.15, 0.2) is 5.43 Å². The van der Waals surface area contributed by atoms with E-state index in [2.05, 4.69) is 5.32 Å². The summed E-state index contributed by atoms with van der Waals surface area (Å²) < 4.78 is 11.0. The third kappa shape index (κ3) is 4.96. The van der Waals surface area contributed by atoms with Gasteiger partial charge in [-0.3, -0.25) is 19.7 Å². The van der Waals surface area contributed by atoms with E-state index in [1.54, 1.807) is 60.7 Å². The summed E-state index contributed by atoms with van der Waals surface area (Å²) >= 11 is 0. The molecule has 0 aliphatic carbocycles. The number of fused-ring (bicyclic) bond motifs is 1. The van der Waals surface area contributed by atoms with Crippen LogP contribution in [0.4, 0.5) is 11.4 Å². The summed E-state index contributed by atoms with van der Waals surface area (Å²) in [6.45, 7) is 0. The predicted molar refractivity (Wildman–Crippen MR) is 125 cm³/mol. The standard InChI is InChI=1S/C25H18N2O6/c1-32-20-11-12-23-21(14-20)22(28)15-24(33-23)17-5-7-18(8-6-17)26-25(29)13-4-16-2-9-19(10-3-16)27(30)31/h2-15H,1H3,(H,26,29)/b13-4+. The van der Waals surface area contributed by atoms with Gasteiger partial charge in [-0.15, -0.1) is 0 Å². The average molecular weight is 442 g/mol. The summed E-state index contributed by atoms with van der Waals surface area (Å²) in [5.41, 5.74) is 2.16. The highest BCUT2D eigenvalue weighted by Gasteiger charge is 2.09. The average Bonchev–Trinajstić information content (AvgIpc) is 2.83. The summed E-state index contributed by atoms with van der Waals surface area (Å²) in [4.78, 5) is 34.9. The van der Waals surface area contributed by atoms with E-state index in [9.17, 15) is 19.7 Å². The number of hydrogen-bond acceptors (Lipinski definition) is 6. The lowest BCUT2D eigenvalue weighted by Crippen LogP contribution is -2.07. The van der Waals surface area contributed by atoms with Gasteiger partial charge in [-0.25, -0.2) is 0 Å². The molecule has 0 atom stereocenters. The number of carbonyl (C=O) groups is 1. The molecule has 0 unspecified atom stereocenters. The van der Waals surface area contributed by atoms with E-state index in [1.165, 1.54) is 31.4 Å². The number of nitrogens with zero attached hydrogens (tertiary/aromatic N) is 1. The second-order valence-electron chi connectivity index (χ2n) is 7.09. The molecular formula is C25H18N2O6. The maximum atomic E-state index is 12.5. The molecule has 1 amide bonds. The van der Waals surface area contributed by atoms with Crippen LogP contribution in [0.5, 0.6) is 5.75 Å². The zero-order chi connectivity index (χ0) is 23.4. The third-order valence-corrected chi connectivity index (χ3v) is 4.90. The summed E-state index contributed by atoms with van der Waals surface area (Å²) in [6, 6.07) is 19.2. The molecule has 0 saturated heterocycles. The zero-order valence-electron chi connectivity index (χ0n) is 17.5. The van der Waals surface area contributed by atoms with Crippen LogP contribution >= 0.6 is 0 Å². The van der Waals surface area contributed by atoms with Gasteiger partial charge in [-0.2, -0.15) is 0 Å². The number of hydrogen-bond donors (Lipinski definition) is 1. The topological polar surface area (TPSA) is 112 Å². The second-order valence-corrected chi connectivity index (χ2v) is 7.09. The number of non-ortho nitro benzene ring substituents is 1. The Morgan fingerprint density at radius 2 is 1.76 bits per heavy atom. The molecule has 0 saturated carbocycles. The molecule has 4 rings (SSSR count). The molecule has 1 N–H and O–H groups in total. The van der Waals surface area contributed by atoms with E-state index in [1.807, 2.05) is 0 Å². The number of anilines is 1. The Bertz CT molecular complexity index is 1420. The molecule has 8 nitrogen and oxygen atoms in total. The molecule has 1 aromatic heterocycles. The zero-order valence-corrected chi connectivity index (χ0v) is 17.5. The number of nitro benzene ring substituents is 1. The number of carbonyl (C=O) groups excluding carboxylic acids is 1. The lowest BCUT2D eigenvalue weighted by Gasteiger charge is -2.06. The smallest absolute Gasteiger partial charge is 0.269 e. The molecule has 1 heterocycles. The van der Waals surface area contributed by atoms with Gasteiger partial charge in [-0.1, -0.05) is 0 Å². The van der Waals surface area contributed by atoms with Gasteiger partial charge in [0.25, 0.3) is 5.69 Å². The first-order chi connectivity index (χ1) is 15.9. The van der Waals surface area contributed by atoms with Crippen LogP contribution in [0, 0.1) is 10.1 Å². The lowest BCUT2D eigenvalue weighted by molar-refractivity contribution is -0.384. The lowest BCUT2D eigenvalue weighted by atomic mass is 10.1. The van der Waals surface area contributed by atoms with Crippen LogP contribution in [0.1, 0.15) is 5.56 Å². The molecule has 4 aromatic rings. The largest absolute Gasteiger partial charge is 0.497 e. The highest BCUT2D eigenvalue weighted by Crippen LogP contribution is 2.25. The van der Waals surface area contributed by atoms with Crippen molar-refractivity contribution in [3.05, 3.63) is 105 Å². The first kappa shape index (κ1) is 21.5. The fourth-order valence-electron chi connectivity index (χ4n) is 3.19. The van der Waals surface area contributed by atoms with Gasteiger partial charge in [0.2, 0.25) is 5.91 Å². The number of rotatable bonds is 6. The first-order valence-electron chi connectivity index (χ1n) is 9.89. The van der Waals surface area contributed by atoms with Gasteiger partial charge < -0.3 is 14.5 Å². The van der Waals surface area contributed by atoms with Crippen molar-refractivity contribution in [1.82, 2.24) is 0 Å². The number of nitro groups is 1.